The Labute approximate surface area is 198 Å². The van der Waals surface area contributed by atoms with Crippen molar-refractivity contribution >= 4 is 29.0 Å². The number of hydrogen-bond donors (Lipinski definition) is 2. The molecule has 4 rings (SSSR count). The van der Waals surface area contributed by atoms with Crippen molar-refractivity contribution in [1.82, 2.24) is 9.88 Å². The molecule has 33 heavy (non-hydrogen) atoms. The predicted octanol–water partition coefficient (Wildman–Crippen LogP) is 5.80. The summed E-state index contributed by atoms with van der Waals surface area (Å²) in [5.74, 6) is 0.186. The minimum absolute atomic E-state index is 0.281. The largest absolute Gasteiger partial charge is 0.368 e. The zero-order chi connectivity index (χ0) is 23.2. The fourth-order valence-corrected chi connectivity index (χ4v) is 4.52. The van der Waals surface area contributed by atoms with Gasteiger partial charge in [0.05, 0.1) is 0 Å². The third-order valence-electron chi connectivity index (χ3n) is 5.52. The number of amidine groups is 1. The van der Waals surface area contributed by atoms with Crippen LogP contribution in [0.3, 0.4) is 0 Å². The van der Waals surface area contributed by atoms with Gasteiger partial charge >= 0.3 is 0 Å². The highest BCUT2D eigenvalue weighted by Gasteiger charge is 2.18. The van der Waals surface area contributed by atoms with E-state index < -0.39 is 0 Å². The second-order valence-electron chi connectivity index (χ2n) is 8.08. The number of rotatable bonds is 6. The fourth-order valence-electron chi connectivity index (χ4n) is 3.72. The van der Waals surface area contributed by atoms with Crippen molar-refractivity contribution in [3.63, 3.8) is 0 Å². The summed E-state index contributed by atoms with van der Waals surface area (Å²) in [6, 6.07) is 17.4. The molecule has 0 bridgehead atoms. The predicted molar refractivity (Wildman–Crippen MR) is 135 cm³/mol. The first kappa shape index (κ1) is 22.9. The molecule has 0 saturated carbocycles. The van der Waals surface area contributed by atoms with Crippen LogP contribution in [0.1, 0.15) is 12.5 Å². The van der Waals surface area contributed by atoms with Gasteiger partial charge in [-0.2, -0.15) is 0 Å². The molecule has 1 saturated heterocycles. The summed E-state index contributed by atoms with van der Waals surface area (Å²) in [7, 11) is 0. The standard InChI is InChI=1S/C26H28FN5S/c1-19-3-6-22(7-4-19)31-13-15-32(16-14-31)26(28)17-20(2)30-21-5-8-25(24(27)18-21)33-23-9-11-29-12-10-23/h3-12,17-18,28,30H,13-16H2,1-2H3/b20-17+,28-26?. The van der Waals surface area contributed by atoms with Gasteiger partial charge in [-0.1, -0.05) is 29.5 Å². The van der Waals surface area contributed by atoms with Crippen molar-refractivity contribution in [2.45, 2.75) is 23.6 Å². The van der Waals surface area contributed by atoms with Crippen molar-refractivity contribution in [3.05, 3.63) is 90.1 Å². The van der Waals surface area contributed by atoms with Crippen molar-refractivity contribution < 1.29 is 4.39 Å². The molecule has 0 unspecified atom stereocenters. The van der Waals surface area contributed by atoms with E-state index in [1.807, 2.05) is 25.1 Å². The van der Waals surface area contributed by atoms with E-state index in [2.05, 4.69) is 51.3 Å². The zero-order valence-corrected chi connectivity index (χ0v) is 19.7. The lowest BCUT2D eigenvalue weighted by Gasteiger charge is -2.37. The van der Waals surface area contributed by atoms with Crippen LogP contribution in [0.5, 0.6) is 0 Å². The summed E-state index contributed by atoms with van der Waals surface area (Å²) in [6.45, 7) is 7.35. The third kappa shape index (κ3) is 6.14. The van der Waals surface area contributed by atoms with Crippen LogP contribution in [0.4, 0.5) is 15.8 Å². The number of piperazine rings is 1. The molecule has 0 radical (unpaired) electrons. The van der Waals surface area contributed by atoms with Crippen LogP contribution in [0, 0.1) is 18.2 Å². The number of nitrogens with zero attached hydrogens (tertiary/aromatic N) is 3. The van der Waals surface area contributed by atoms with Gasteiger partial charge in [0.2, 0.25) is 0 Å². The van der Waals surface area contributed by atoms with Crippen LogP contribution < -0.4 is 10.2 Å². The Bertz CT molecular complexity index is 1120. The minimum Gasteiger partial charge on any atom is -0.368 e. The number of nitrogens with one attached hydrogen (secondary N) is 2. The normalized spacial score (nSPS) is 14.3. The van der Waals surface area contributed by atoms with Gasteiger partial charge in [0.1, 0.15) is 11.7 Å². The first-order valence-corrected chi connectivity index (χ1v) is 11.8. The summed E-state index contributed by atoms with van der Waals surface area (Å²) in [5, 5.41) is 11.7. The summed E-state index contributed by atoms with van der Waals surface area (Å²) >= 11 is 1.37. The molecule has 0 spiro atoms. The lowest BCUT2D eigenvalue weighted by Crippen LogP contribution is -2.48. The number of aryl methyl sites for hydroxylation is 1. The maximum absolute atomic E-state index is 14.6. The van der Waals surface area contributed by atoms with Crippen molar-refractivity contribution in [2.75, 3.05) is 36.4 Å². The maximum atomic E-state index is 14.6. The van der Waals surface area contributed by atoms with Crippen LogP contribution in [-0.2, 0) is 0 Å². The number of hydrogen-bond acceptors (Lipinski definition) is 5. The molecule has 2 heterocycles. The number of pyridine rings is 1. The summed E-state index contributed by atoms with van der Waals surface area (Å²) in [5.41, 5.74) is 3.95. The average Bonchev–Trinajstić information content (AvgIpc) is 2.82. The van der Waals surface area contributed by atoms with Gasteiger partial charge in [0, 0.05) is 65.4 Å². The van der Waals surface area contributed by atoms with Gasteiger partial charge in [0.25, 0.3) is 0 Å². The molecule has 7 heteroatoms. The first-order chi connectivity index (χ1) is 16.0. The summed E-state index contributed by atoms with van der Waals surface area (Å²) < 4.78 is 14.6. The molecule has 170 valence electrons. The monoisotopic (exact) mass is 461 g/mol. The van der Waals surface area contributed by atoms with Crippen LogP contribution in [0.2, 0.25) is 0 Å². The molecule has 1 fully saturated rings. The Morgan fingerprint density at radius 3 is 2.39 bits per heavy atom. The molecule has 1 aromatic heterocycles. The second-order valence-corrected chi connectivity index (χ2v) is 9.19. The van der Waals surface area contributed by atoms with Crippen LogP contribution in [-0.4, -0.2) is 41.9 Å². The highest BCUT2D eigenvalue weighted by Crippen LogP contribution is 2.31. The van der Waals surface area contributed by atoms with Gasteiger partial charge in [-0.05, 0) is 62.4 Å². The lowest BCUT2D eigenvalue weighted by atomic mass is 10.2. The Morgan fingerprint density at radius 1 is 1.03 bits per heavy atom. The zero-order valence-electron chi connectivity index (χ0n) is 18.9. The first-order valence-electron chi connectivity index (χ1n) is 11.0. The number of benzene rings is 2. The van der Waals surface area contributed by atoms with Gasteiger partial charge in [-0.15, -0.1) is 0 Å². The number of halogens is 1. The van der Waals surface area contributed by atoms with Crippen LogP contribution in [0.15, 0.2) is 88.6 Å². The van der Waals surface area contributed by atoms with E-state index in [4.69, 9.17) is 5.41 Å². The molecule has 5 nitrogen and oxygen atoms in total. The molecule has 3 aromatic rings. The molecular weight excluding hydrogens is 433 g/mol. The molecule has 2 aromatic carbocycles. The molecule has 0 atom stereocenters. The van der Waals surface area contributed by atoms with E-state index in [0.717, 1.165) is 36.8 Å². The van der Waals surface area contributed by atoms with E-state index in [0.29, 0.717) is 16.4 Å². The van der Waals surface area contributed by atoms with Crippen molar-refractivity contribution in [1.29, 1.82) is 5.41 Å². The topological polar surface area (TPSA) is 55.3 Å². The fraction of sp³-hybridized carbons (Fsp3) is 0.231. The second kappa shape index (κ2) is 10.5. The van der Waals surface area contributed by atoms with E-state index in [-0.39, 0.29) is 5.82 Å². The van der Waals surface area contributed by atoms with E-state index >= 15 is 0 Å². The van der Waals surface area contributed by atoms with Gasteiger partial charge in [-0.3, -0.25) is 10.4 Å². The SMILES string of the molecule is C/C(=C\C(=N)N1CCN(c2ccc(C)cc2)CC1)Nc1ccc(Sc2ccncc2)c(F)c1. The summed E-state index contributed by atoms with van der Waals surface area (Å²) in [6.07, 6.45) is 5.20. The van der Waals surface area contributed by atoms with Crippen molar-refractivity contribution in [2.24, 2.45) is 0 Å². The minimum atomic E-state index is -0.281. The smallest absolute Gasteiger partial charge is 0.139 e. The van der Waals surface area contributed by atoms with Gasteiger partial charge in [-0.25, -0.2) is 4.39 Å². The maximum Gasteiger partial charge on any atom is 0.139 e. The molecule has 0 amide bonds. The number of allylic oxidation sites excluding steroid dienone is 1. The lowest BCUT2D eigenvalue weighted by molar-refractivity contribution is 0.385. The number of aromatic nitrogens is 1. The quantitative estimate of drug-likeness (QED) is 0.359. The van der Waals surface area contributed by atoms with Crippen LogP contribution >= 0.6 is 11.8 Å². The molecular formula is C26H28FN5S. The van der Waals surface area contributed by atoms with Gasteiger partial charge in [0.15, 0.2) is 0 Å². The van der Waals surface area contributed by atoms with Crippen LogP contribution in [0.25, 0.3) is 0 Å². The third-order valence-corrected chi connectivity index (χ3v) is 6.58. The Kier molecular flexibility index (Phi) is 7.29. The number of anilines is 2. The highest BCUT2D eigenvalue weighted by atomic mass is 32.2. The molecule has 0 aliphatic carbocycles. The van der Waals surface area contributed by atoms with Gasteiger partial charge < -0.3 is 15.1 Å². The summed E-state index contributed by atoms with van der Waals surface area (Å²) in [4.78, 5) is 9.92. The highest BCUT2D eigenvalue weighted by molar-refractivity contribution is 7.99. The molecule has 2 N–H and O–H groups in total. The average molecular weight is 462 g/mol. The molecule has 1 aliphatic heterocycles. The Hall–Kier alpha value is -3.32. The van der Waals surface area contributed by atoms with Crippen molar-refractivity contribution in [3.8, 4) is 0 Å². The van der Waals surface area contributed by atoms with E-state index in [9.17, 15) is 4.39 Å². The van der Waals surface area contributed by atoms with E-state index in [1.165, 1.54) is 29.1 Å². The Morgan fingerprint density at radius 2 is 1.73 bits per heavy atom. The van der Waals surface area contributed by atoms with E-state index in [1.54, 1.807) is 24.5 Å². The molecule has 1 aliphatic rings. The Balaban J connectivity index is 1.32.